The molecule has 1 aromatic carbocycles. The monoisotopic (exact) mass is 450 g/mol. The molecule has 10 heteroatoms. The summed E-state index contributed by atoms with van der Waals surface area (Å²) in [6.45, 7) is 10.4. The van der Waals surface area contributed by atoms with Crippen LogP contribution in [0.25, 0.3) is 0 Å². The van der Waals surface area contributed by atoms with Gasteiger partial charge in [0, 0.05) is 39.0 Å². The predicted octanol–water partition coefficient (Wildman–Crippen LogP) is 0.638. The Kier molecular flexibility index (Phi) is 9.41. The highest BCUT2D eigenvalue weighted by atomic mass is 16.6. The van der Waals surface area contributed by atoms with Gasteiger partial charge in [-0.2, -0.15) is 0 Å². The molecule has 0 saturated carbocycles. The maximum atomic E-state index is 12.8. The van der Waals surface area contributed by atoms with Crippen molar-refractivity contribution in [2.45, 2.75) is 65.1 Å². The Morgan fingerprint density at radius 2 is 1.94 bits per heavy atom. The lowest BCUT2D eigenvalue weighted by Gasteiger charge is -2.40. The number of anilines is 2. The number of fused-ring (bicyclic) bond motifs is 1. The third-order valence-electron chi connectivity index (χ3n) is 5.30. The molecular formula is C22H38N6O4. The minimum atomic E-state index is -0.694. The second-order valence-electron chi connectivity index (χ2n) is 8.57. The zero-order chi connectivity index (χ0) is 24.0. The number of hydrogen-bond acceptors (Lipinski definition) is 8. The van der Waals surface area contributed by atoms with Crippen LogP contribution in [-0.4, -0.2) is 67.8 Å². The Bertz CT molecular complexity index is 788. The molecule has 10 nitrogen and oxygen atoms in total. The van der Waals surface area contributed by atoms with Crippen LogP contribution < -0.4 is 31.9 Å². The Morgan fingerprint density at radius 3 is 2.50 bits per heavy atom. The zero-order valence-corrected chi connectivity index (χ0v) is 19.7. The molecule has 7 N–H and O–H groups in total. The molecule has 1 heterocycles. The molecule has 3 unspecified atom stereocenters. The van der Waals surface area contributed by atoms with E-state index in [9.17, 15) is 14.7 Å². The van der Waals surface area contributed by atoms with Gasteiger partial charge in [-0.15, -0.1) is 0 Å². The zero-order valence-electron chi connectivity index (χ0n) is 19.7. The summed E-state index contributed by atoms with van der Waals surface area (Å²) in [7, 11) is 0. The summed E-state index contributed by atoms with van der Waals surface area (Å²) >= 11 is 0. The summed E-state index contributed by atoms with van der Waals surface area (Å²) in [6, 6.07) is 5.53. The molecule has 1 aromatic rings. The first-order valence-corrected chi connectivity index (χ1v) is 11.1. The van der Waals surface area contributed by atoms with E-state index < -0.39 is 18.5 Å². The topological polar surface area (TPSA) is 146 Å². The van der Waals surface area contributed by atoms with Crippen molar-refractivity contribution in [1.82, 2.24) is 10.6 Å². The average molecular weight is 451 g/mol. The average Bonchev–Trinajstić information content (AvgIpc) is 2.68. The quantitative estimate of drug-likeness (QED) is 0.345. The molecule has 1 aliphatic rings. The molecule has 0 fully saturated rings. The summed E-state index contributed by atoms with van der Waals surface area (Å²) in [5.74, 6) is -0.118. The normalized spacial score (nSPS) is 18.8. The number of hydrogen-bond donors (Lipinski definition) is 5. The summed E-state index contributed by atoms with van der Waals surface area (Å²) < 4.78 is 5.45. The third kappa shape index (κ3) is 6.63. The van der Waals surface area contributed by atoms with E-state index in [1.165, 1.54) is 6.92 Å². The van der Waals surface area contributed by atoms with Crippen LogP contribution in [0.2, 0.25) is 0 Å². The second-order valence-corrected chi connectivity index (χ2v) is 8.57. The largest absolute Gasteiger partial charge is 0.446 e. The van der Waals surface area contributed by atoms with Gasteiger partial charge < -0.3 is 31.5 Å². The van der Waals surface area contributed by atoms with Crippen LogP contribution in [-0.2, 0) is 9.53 Å². The van der Waals surface area contributed by atoms with E-state index in [1.807, 2.05) is 25.1 Å². The third-order valence-corrected chi connectivity index (χ3v) is 5.30. The van der Waals surface area contributed by atoms with E-state index in [0.29, 0.717) is 37.6 Å². The Morgan fingerprint density at radius 1 is 1.25 bits per heavy atom. The fraction of sp³-hybridized carbons (Fsp3) is 0.636. The van der Waals surface area contributed by atoms with Crippen molar-refractivity contribution >= 4 is 23.4 Å². The molecule has 0 saturated heterocycles. The first-order chi connectivity index (χ1) is 15.0. The standard InChI is InChI=1S/C22H38N6O4/c1-13(2)32-22(31)27-12-14(3)28(16(5)30)19-7-6-17(8-20(19)27)18(9-23)10-25-11-21(24)26-15(4)29/h6-8,13-15,18,21,25-26,29H,9-12,23-24H2,1-5H3/t14-,15?,18?,21?/m0/s1. The van der Waals surface area contributed by atoms with Gasteiger partial charge in [-0.05, 0) is 45.4 Å². The molecule has 0 radical (unpaired) electrons. The number of nitrogens with zero attached hydrogens (tertiary/aromatic N) is 2. The van der Waals surface area contributed by atoms with Crippen LogP contribution in [0, 0.1) is 0 Å². The van der Waals surface area contributed by atoms with Crippen LogP contribution in [0.4, 0.5) is 16.2 Å². The van der Waals surface area contributed by atoms with Gasteiger partial charge in [-0.1, -0.05) is 6.07 Å². The number of carbonyl (C=O) groups excluding carboxylic acids is 2. The van der Waals surface area contributed by atoms with Crippen LogP contribution >= 0.6 is 0 Å². The van der Waals surface area contributed by atoms with Crippen molar-refractivity contribution in [3.63, 3.8) is 0 Å². The van der Waals surface area contributed by atoms with E-state index >= 15 is 0 Å². The van der Waals surface area contributed by atoms with Gasteiger partial charge in [-0.25, -0.2) is 4.79 Å². The van der Waals surface area contributed by atoms with Gasteiger partial charge in [0.2, 0.25) is 5.91 Å². The second kappa shape index (κ2) is 11.6. The fourth-order valence-electron chi connectivity index (χ4n) is 3.93. The van der Waals surface area contributed by atoms with Crippen molar-refractivity contribution in [2.24, 2.45) is 11.5 Å². The smallest absolute Gasteiger partial charge is 0.414 e. The summed E-state index contributed by atoms with van der Waals surface area (Å²) in [4.78, 5) is 28.4. The van der Waals surface area contributed by atoms with Crippen molar-refractivity contribution in [2.75, 3.05) is 36.0 Å². The van der Waals surface area contributed by atoms with E-state index in [1.54, 1.807) is 30.6 Å². The van der Waals surface area contributed by atoms with Gasteiger partial charge in [0.1, 0.15) is 6.23 Å². The summed E-state index contributed by atoms with van der Waals surface area (Å²) in [5.41, 5.74) is 14.2. The maximum Gasteiger partial charge on any atom is 0.414 e. The first kappa shape index (κ1) is 26.0. The van der Waals surface area contributed by atoms with E-state index in [2.05, 4.69) is 10.6 Å². The minimum Gasteiger partial charge on any atom is -0.446 e. The molecule has 2 rings (SSSR count). The van der Waals surface area contributed by atoms with Crippen molar-refractivity contribution < 1.29 is 19.4 Å². The molecule has 1 aliphatic heterocycles. The van der Waals surface area contributed by atoms with Gasteiger partial charge in [-0.3, -0.25) is 15.0 Å². The molecule has 0 aliphatic carbocycles. The highest BCUT2D eigenvalue weighted by Gasteiger charge is 2.35. The molecule has 180 valence electrons. The molecule has 0 bridgehead atoms. The highest BCUT2D eigenvalue weighted by Crippen LogP contribution is 2.38. The van der Waals surface area contributed by atoms with Crippen molar-refractivity contribution in [3.8, 4) is 0 Å². The lowest BCUT2D eigenvalue weighted by atomic mass is 9.96. The number of carbonyl (C=O) groups is 2. The first-order valence-electron chi connectivity index (χ1n) is 11.1. The molecule has 0 aromatic heterocycles. The van der Waals surface area contributed by atoms with Crippen LogP contribution in [0.1, 0.15) is 46.1 Å². The van der Waals surface area contributed by atoms with E-state index in [4.69, 9.17) is 16.2 Å². The molecule has 2 amide bonds. The lowest BCUT2D eigenvalue weighted by molar-refractivity contribution is -0.117. The number of nitrogens with two attached hydrogens (primary N) is 2. The number of nitrogens with one attached hydrogen (secondary N) is 2. The van der Waals surface area contributed by atoms with Crippen LogP contribution in [0.5, 0.6) is 0 Å². The number of ether oxygens (including phenoxy) is 1. The SMILES string of the molecule is CC(=O)N1c2ccc(C(CN)CNCC(N)NC(C)O)cc2N(C(=O)OC(C)C)C[C@@H]1C. The molecule has 4 atom stereocenters. The summed E-state index contributed by atoms with van der Waals surface area (Å²) in [5, 5.41) is 15.4. The van der Waals surface area contributed by atoms with E-state index in [0.717, 1.165) is 5.56 Å². The van der Waals surface area contributed by atoms with Crippen molar-refractivity contribution in [3.05, 3.63) is 23.8 Å². The number of aliphatic hydroxyl groups is 1. The van der Waals surface area contributed by atoms with Gasteiger partial charge in [0.25, 0.3) is 0 Å². The Balaban J connectivity index is 2.28. The van der Waals surface area contributed by atoms with Crippen molar-refractivity contribution in [1.29, 1.82) is 0 Å². The Hall–Kier alpha value is -2.24. The highest BCUT2D eigenvalue weighted by molar-refractivity contribution is 6.02. The number of benzene rings is 1. The maximum absolute atomic E-state index is 12.8. The molecular weight excluding hydrogens is 412 g/mol. The Labute approximate surface area is 190 Å². The number of amides is 2. The predicted molar refractivity (Wildman–Crippen MR) is 125 cm³/mol. The lowest BCUT2D eigenvalue weighted by Crippen LogP contribution is -2.52. The minimum absolute atomic E-state index is 0.0350. The molecule has 32 heavy (non-hydrogen) atoms. The van der Waals surface area contributed by atoms with Crippen LogP contribution in [0.15, 0.2) is 18.2 Å². The number of aliphatic hydroxyl groups excluding tert-OH is 1. The van der Waals surface area contributed by atoms with Gasteiger partial charge in [0.05, 0.1) is 29.7 Å². The van der Waals surface area contributed by atoms with Crippen LogP contribution in [0.3, 0.4) is 0 Å². The number of rotatable bonds is 9. The van der Waals surface area contributed by atoms with Gasteiger partial charge >= 0.3 is 6.09 Å². The summed E-state index contributed by atoms with van der Waals surface area (Å²) in [6.07, 6.45) is -1.79. The van der Waals surface area contributed by atoms with Gasteiger partial charge in [0.15, 0.2) is 0 Å². The van der Waals surface area contributed by atoms with E-state index in [-0.39, 0.29) is 24.0 Å². The fourth-order valence-corrected chi connectivity index (χ4v) is 3.93. The molecule has 0 spiro atoms.